The number of carbonyl (C=O) groups excluding carboxylic acids is 1. The molecule has 0 spiro atoms. The van der Waals surface area contributed by atoms with Crippen LogP contribution in [-0.2, 0) is 4.79 Å². The highest BCUT2D eigenvalue weighted by molar-refractivity contribution is 8.01. The van der Waals surface area contributed by atoms with Crippen LogP contribution in [0.2, 0.25) is 0 Å². The van der Waals surface area contributed by atoms with E-state index in [2.05, 4.69) is 10.3 Å². The number of hydrogen-bond donors (Lipinski definition) is 1. The molecule has 1 fully saturated rings. The third-order valence-corrected chi connectivity index (χ3v) is 7.16. The van der Waals surface area contributed by atoms with Crippen molar-refractivity contribution in [1.82, 2.24) is 4.98 Å². The Labute approximate surface area is 153 Å². The molecule has 1 aromatic carbocycles. The van der Waals surface area contributed by atoms with Gasteiger partial charge in [-0.05, 0) is 51.0 Å². The molecule has 2 aromatic rings. The van der Waals surface area contributed by atoms with Gasteiger partial charge in [-0.3, -0.25) is 4.79 Å². The van der Waals surface area contributed by atoms with Crippen LogP contribution >= 0.6 is 46.3 Å². The van der Waals surface area contributed by atoms with E-state index in [0.29, 0.717) is 6.42 Å². The number of anilines is 1. The van der Waals surface area contributed by atoms with Crippen LogP contribution in [0.5, 0.6) is 0 Å². The maximum Gasteiger partial charge on any atom is 0.233 e. The van der Waals surface area contributed by atoms with Crippen molar-refractivity contribution < 1.29 is 4.79 Å². The van der Waals surface area contributed by atoms with Crippen molar-refractivity contribution in [3.63, 3.8) is 0 Å². The molecule has 1 atom stereocenters. The molecule has 0 radical (unpaired) electrons. The molecule has 0 bridgehead atoms. The first-order chi connectivity index (χ1) is 10.7. The third-order valence-electron chi connectivity index (χ3n) is 4.01. The number of nitrogens with one attached hydrogen (secondary N) is 1. The number of aromatic nitrogens is 1. The molecule has 1 heterocycles. The predicted molar refractivity (Wildman–Crippen MR) is 97.9 cm³/mol. The van der Waals surface area contributed by atoms with Crippen molar-refractivity contribution in [2.24, 2.45) is 5.41 Å². The minimum atomic E-state index is -0.955. The maximum atomic E-state index is 12.3. The summed E-state index contributed by atoms with van der Waals surface area (Å²) in [6, 6.07) is 5.93. The second kappa shape index (κ2) is 5.96. The number of hydrogen-bond acceptors (Lipinski definition) is 4. The Kier molecular flexibility index (Phi) is 4.42. The summed E-state index contributed by atoms with van der Waals surface area (Å²) in [7, 11) is 0. The highest BCUT2D eigenvalue weighted by Gasteiger charge is 2.67. The zero-order valence-electron chi connectivity index (χ0n) is 12.9. The van der Waals surface area contributed by atoms with Gasteiger partial charge in [0.15, 0.2) is 4.34 Å². The third kappa shape index (κ3) is 3.38. The average molecular weight is 387 g/mol. The lowest BCUT2D eigenvalue weighted by molar-refractivity contribution is -0.120. The second-order valence-corrected chi connectivity index (χ2v) is 9.66. The van der Waals surface area contributed by atoms with Crippen molar-refractivity contribution in [1.29, 1.82) is 0 Å². The molecule has 1 saturated carbocycles. The van der Waals surface area contributed by atoms with Gasteiger partial charge in [0.2, 0.25) is 5.91 Å². The number of carbonyl (C=O) groups is 1. The van der Waals surface area contributed by atoms with Crippen LogP contribution in [0.15, 0.2) is 32.8 Å². The molecule has 122 valence electrons. The molecule has 0 aliphatic heterocycles. The number of thiazole rings is 1. The van der Waals surface area contributed by atoms with E-state index >= 15 is 0 Å². The van der Waals surface area contributed by atoms with Crippen LogP contribution in [0.25, 0.3) is 0 Å². The SMILES string of the molecule is Cc1csc(Sc2ccc(NC(=O)[C@@]3(C)CC3(Cl)Cl)c(C)c2)n1. The quantitative estimate of drug-likeness (QED) is 0.711. The number of amides is 1. The highest BCUT2D eigenvalue weighted by Crippen LogP contribution is 2.64. The van der Waals surface area contributed by atoms with Gasteiger partial charge in [-0.1, -0.05) is 11.8 Å². The van der Waals surface area contributed by atoms with Gasteiger partial charge in [-0.25, -0.2) is 4.98 Å². The monoisotopic (exact) mass is 386 g/mol. The topological polar surface area (TPSA) is 42.0 Å². The van der Waals surface area contributed by atoms with Gasteiger partial charge >= 0.3 is 0 Å². The van der Waals surface area contributed by atoms with Crippen LogP contribution in [0.3, 0.4) is 0 Å². The summed E-state index contributed by atoms with van der Waals surface area (Å²) < 4.78 is 0.0574. The second-order valence-electron chi connectivity index (χ2n) is 6.00. The summed E-state index contributed by atoms with van der Waals surface area (Å²) >= 11 is 15.4. The Morgan fingerprint density at radius 1 is 1.39 bits per heavy atom. The Bertz CT molecular complexity index is 775. The fourth-order valence-corrected chi connectivity index (χ4v) is 4.84. The minimum absolute atomic E-state index is 0.137. The molecule has 0 saturated heterocycles. The Morgan fingerprint density at radius 3 is 2.61 bits per heavy atom. The molecule has 7 heteroatoms. The Morgan fingerprint density at radius 2 is 2.09 bits per heavy atom. The lowest BCUT2D eigenvalue weighted by Crippen LogP contribution is -2.26. The van der Waals surface area contributed by atoms with Crippen LogP contribution in [-0.4, -0.2) is 15.2 Å². The first-order valence-electron chi connectivity index (χ1n) is 7.11. The normalized spacial score (nSPS) is 22.0. The van der Waals surface area contributed by atoms with E-state index in [1.54, 1.807) is 30.0 Å². The van der Waals surface area contributed by atoms with E-state index in [9.17, 15) is 4.79 Å². The van der Waals surface area contributed by atoms with E-state index < -0.39 is 9.75 Å². The summed E-state index contributed by atoms with van der Waals surface area (Å²) in [4.78, 5) is 17.9. The smallest absolute Gasteiger partial charge is 0.233 e. The van der Waals surface area contributed by atoms with E-state index in [-0.39, 0.29) is 5.91 Å². The molecule has 1 aromatic heterocycles. The van der Waals surface area contributed by atoms with Crippen molar-refractivity contribution in [3.8, 4) is 0 Å². The number of alkyl halides is 2. The van der Waals surface area contributed by atoms with Crippen molar-refractivity contribution in [3.05, 3.63) is 34.8 Å². The van der Waals surface area contributed by atoms with E-state index in [0.717, 1.165) is 26.2 Å². The fourth-order valence-electron chi connectivity index (χ4n) is 2.23. The summed E-state index contributed by atoms with van der Waals surface area (Å²) in [5.74, 6) is -0.137. The molecule has 1 aliphatic carbocycles. The summed E-state index contributed by atoms with van der Waals surface area (Å²) in [5.41, 5.74) is 2.10. The summed E-state index contributed by atoms with van der Waals surface area (Å²) in [6.45, 7) is 5.74. The van der Waals surface area contributed by atoms with Crippen molar-refractivity contribution in [2.75, 3.05) is 5.32 Å². The fraction of sp³-hybridized carbons (Fsp3) is 0.375. The van der Waals surface area contributed by atoms with Gasteiger partial charge in [0.05, 0.1) is 5.41 Å². The van der Waals surface area contributed by atoms with Gasteiger partial charge in [-0.15, -0.1) is 34.5 Å². The van der Waals surface area contributed by atoms with Crippen LogP contribution < -0.4 is 5.32 Å². The molecular formula is C16H16Cl2N2OS2. The summed E-state index contributed by atoms with van der Waals surface area (Å²) in [5, 5.41) is 4.97. The largest absolute Gasteiger partial charge is 0.325 e. The molecular weight excluding hydrogens is 371 g/mol. The summed E-state index contributed by atoms with van der Waals surface area (Å²) in [6.07, 6.45) is 0.478. The van der Waals surface area contributed by atoms with Crippen molar-refractivity contribution in [2.45, 2.75) is 40.8 Å². The molecule has 3 rings (SSSR count). The van der Waals surface area contributed by atoms with Gasteiger partial charge in [0.25, 0.3) is 0 Å². The molecule has 1 aliphatic rings. The zero-order chi connectivity index (χ0) is 16.8. The lowest BCUT2D eigenvalue weighted by Gasteiger charge is -2.14. The van der Waals surface area contributed by atoms with Gasteiger partial charge in [-0.2, -0.15) is 0 Å². The number of aryl methyl sites for hydroxylation is 2. The first-order valence-corrected chi connectivity index (χ1v) is 9.56. The van der Waals surface area contributed by atoms with Crippen molar-refractivity contribution >= 4 is 57.9 Å². The lowest BCUT2D eigenvalue weighted by atomic mass is 10.1. The standard InChI is InChI=1S/C16H16Cl2N2OS2/c1-9-6-11(23-14-19-10(2)7-22-14)4-5-12(9)20-13(21)15(3)8-16(15,17)18/h4-7H,8H2,1-3H3,(H,20,21)/t15-/m1/s1. The first kappa shape index (κ1) is 17.1. The maximum absolute atomic E-state index is 12.3. The van der Waals surface area contributed by atoms with Gasteiger partial charge in [0.1, 0.15) is 4.33 Å². The van der Waals surface area contributed by atoms with Gasteiger partial charge in [0, 0.05) is 21.7 Å². The number of nitrogens with zero attached hydrogens (tertiary/aromatic N) is 1. The molecule has 1 N–H and O–H groups in total. The van der Waals surface area contributed by atoms with Crippen LogP contribution in [0.1, 0.15) is 24.6 Å². The van der Waals surface area contributed by atoms with Gasteiger partial charge < -0.3 is 5.32 Å². The van der Waals surface area contributed by atoms with E-state index in [1.807, 2.05) is 37.4 Å². The molecule has 0 unspecified atom stereocenters. The highest BCUT2D eigenvalue weighted by atomic mass is 35.5. The average Bonchev–Trinajstić information content (AvgIpc) is 2.78. The number of rotatable bonds is 4. The van der Waals surface area contributed by atoms with Crippen LogP contribution in [0.4, 0.5) is 5.69 Å². The molecule has 23 heavy (non-hydrogen) atoms. The number of benzene rings is 1. The Hall–Kier alpha value is -0.750. The molecule has 1 amide bonds. The molecule has 3 nitrogen and oxygen atoms in total. The predicted octanol–water partition coefficient (Wildman–Crippen LogP) is 5.43. The van der Waals surface area contributed by atoms with Crippen LogP contribution in [0, 0.1) is 19.3 Å². The zero-order valence-corrected chi connectivity index (χ0v) is 16.1. The number of halogens is 2. The van der Waals surface area contributed by atoms with E-state index in [4.69, 9.17) is 23.2 Å². The Balaban J connectivity index is 1.71. The van der Waals surface area contributed by atoms with E-state index in [1.165, 1.54) is 0 Å². The minimum Gasteiger partial charge on any atom is -0.325 e.